The molecular weight excluding hydrogens is 286 g/mol. The highest BCUT2D eigenvalue weighted by Gasteiger charge is 2.31. The Morgan fingerprint density at radius 1 is 1.52 bits per heavy atom. The van der Waals surface area contributed by atoms with Crippen LogP contribution in [-0.2, 0) is 11.8 Å². The van der Waals surface area contributed by atoms with Crippen LogP contribution in [0.25, 0.3) is 0 Å². The Labute approximate surface area is 128 Å². The first-order valence-corrected chi connectivity index (χ1v) is 8.10. The molecule has 0 bridgehead atoms. The summed E-state index contributed by atoms with van der Waals surface area (Å²) in [4.78, 5) is 5.67. The van der Waals surface area contributed by atoms with Gasteiger partial charge in [-0.25, -0.2) is 4.98 Å². The fraction of sp³-hybridized carbons (Fsp3) is 0.533. The zero-order valence-corrected chi connectivity index (χ0v) is 13.0. The molecule has 6 heteroatoms. The lowest BCUT2D eigenvalue weighted by Crippen LogP contribution is -2.46. The average molecular weight is 307 g/mol. The number of aromatic nitrogens is 2. The molecule has 1 fully saturated rings. The van der Waals surface area contributed by atoms with Crippen molar-refractivity contribution >= 4 is 11.3 Å². The Kier molecular flexibility index (Phi) is 4.40. The maximum atomic E-state index is 10.6. The first-order valence-electron chi connectivity index (χ1n) is 7.22. The molecule has 0 spiro atoms. The average Bonchev–Trinajstić information content (AvgIpc) is 3.13. The minimum atomic E-state index is -0.682. The second-order valence-electron chi connectivity index (χ2n) is 5.56. The molecule has 5 nitrogen and oxygen atoms in total. The van der Waals surface area contributed by atoms with Gasteiger partial charge in [0.05, 0.1) is 5.60 Å². The molecule has 114 valence electrons. The molecule has 3 rings (SSSR count). The summed E-state index contributed by atoms with van der Waals surface area (Å²) in [7, 11) is 1.99. The van der Waals surface area contributed by atoms with Crippen LogP contribution in [0.1, 0.15) is 29.6 Å². The second kappa shape index (κ2) is 6.27. The predicted molar refractivity (Wildman–Crippen MR) is 82.4 cm³/mol. The van der Waals surface area contributed by atoms with Gasteiger partial charge in [-0.05, 0) is 11.4 Å². The van der Waals surface area contributed by atoms with Gasteiger partial charge in [0.1, 0.15) is 11.9 Å². The van der Waals surface area contributed by atoms with E-state index in [9.17, 15) is 5.11 Å². The molecule has 1 aliphatic heterocycles. The number of nitrogens with zero attached hydrogens (tertiary/aromatic N) is 2. The van der Waals surface area contributed by atoms with E-state index in [2.05, 4.69) is 21.7 Å². The van der Waals surface area contributed by atoms with Crippen molar-refractivity contribution in [2.75, 3.05) is 19.8 Å². The number of rotatable bonds is 5. The van der Waals surface area contributed by atoms with Gasteiger partial charge in [0, 0.05) is 56.9 Å². The minimum absolute atomic E-state index is 0.0110. The smallest absolute Gasteiger partial charge is 0.131 e. The van der Waals surface area contributed by atoms with Gasteiger partial charge >= 0.3 is 0 Å². The first kappa shape index (κ1) is 14.7. The molecule has 0 aliphatic carbocycles. The summed E-state index contributed by atoms with van der Waals surface area (Å²) < 4.78 is 7.35. The number of ether oxygens (including phenoxy) is 1. The number of nitrogens with one attached hydrogen (secondary N) is 1. The van der Waals surface area contributed by atoms with Gasteiger partial charge in [0.2, 0.25) is 0 Å². The first-order chi connectivity index (χ1) is 10.2. The number of hydrogen-bond donors (Lipinski definition) is 2. The molecule has 0 amide bonds. The van der Waals surface area contributed by atoms with E-state index in [-0.39, 0.29) is 6.04 Å². The van der Waals surface area contributed by atoms with Crippen LogP contribution in [0.2, 0.25) is 0 Å². The Balaban J connectivity index is 1.76. The van der Waals surface area contributed by atoms with Crippen molar-refractivity contribution in [3.63, 3.8) is 0 Å². The van der Waals surface area contributed by atoms with Crippen LogP contribution in [0.15, 0.2) is 29.9 Å². The highest BCUT2D eigenvalue weighted by Crippen LogP contribution is 2.27. The van der Waals surface area contributed by atoms with Crippen LogP contribution >= 0.6 is 11.3 Å². The molecule has 0 aromatic carbocycles. The summed E-state index contributed by atoms with van der Waals surface area (Å²) in [6.45, 7) is 1.81. The molecule has 2 aromatic heterocycles. The van der Waals surface area contributed by atoms with Crippen molar-refractivity contribution in [2.24, 2.45) is 7.05 Å². The Hall–Kier alpha value is -1.21. The normalized spacial score (nSPS) is 19.5. The third-order valence-electron chi connectivity index (χ3n) is 4.00. The van der Waals surface area contributed by atoms with Gasteiger partial charge < -0.3 is 19.7 Å². The lowest BCUT2D eigenvalue weighted by Gasteiger charge is -2.33. The maximum Gasteiger partial charge on any atom is 0.131 e. The highest BCUT2D eigenvalue weighted by molar-refractivity contribution is 7.10. The van der Waals surface area contributed by atoms with Gasteiger partial charge in [0.25, 0.3) is 0 Å². The molecule has 0 saturated carbocycles. The standard InChI is InChI=1S/C15H21N3O2S/c1-18-7-6-16-14(18)13(12-3-2-10-21-12)17-11-15(19)4-8-20-9-5-15/h2-3,6-7,10,13,17,19H,4-5,8-9,11H2,1H3. The predicted octanol–water partition coefficient (Wildman–Crippen LogP) is 1.70. The molecule has 2 N–H and O–H groups in total. The zero-order valence-electron chi connectivity index (χ0n) is 12.2. The van der Waals surface area contributed by atoms with E-state index in [1.165, 1.54) is 4.88 Å². The number of aryl methyl sites for hydroxylation is 1. The maximum absolute atomic E-state index is 10.6. The van der Waals surface area contributed by atoms with Crippen molar-refractivity contribution in [1.82, 2.24) is 14.9 Å². The summed E-state index contributed by atoms with van der Waals surface area (Å²) in [5, 5.41) is 16.2. The van der Waals surface area contributed by atoms with Crippen LogP contribution in [-0.4, -0.2) is 40.0 Å². The Morgan fingerprint density at radius 3 is 2.95 bits per heavy atom. The third-order valence-corrected chi connectivity index (χ3v) is 4.94. The van der Waals surface area contributed by atoms with E-state index in [1.54, 1.807) is 17.5 Å². The number of aliphatic hydroxyl groups is 1. The fourth-order valence-electron chi connectivity index (χ4n) is 2.65. The fourth-order valence-corrected chi connectivity index (χ4v) is 3.45. The number of thiophene rings is 1. The largest absolute Gasteiger partial charge is 0.388 e. The van der Waals surface area contributed by atoms with E-state index >= 15 is 0 Å². The molecule has 2 aromatic rings. The van der Waals surface area contributed by atoms with Crippen molar-refractivity contribution in [2.45, 2.75) is 24.5 Å². The molecule has 21 heavy (non-hydrogen) atoms. The van der Waals surface area contributed by atoms with Crippen LogP contribution in [0.4, 0.5) is 0 Å². The van der Waals surface area contributed by atoms with Crippen LogP contribution in [0.3, 0.4) is 0 Å². The van der Waals surface area contributed by atoms with Crippen molar-refractivity contribution in [3.8, 4) is 0 Å². The Bertz CT molecular complexity index is 561. The summed E-state index contributed by atoms with van der Waals surface area (Å²) >= 11 is 1.70. The molecule has 1 unspecified atom stereocenters. The van der Waals surface area contributed by atoms with E-state index < -0.39 is 5.60 Å². The summed E-state index contributed by atoms with van der Waals surface area (Å²) in [6, 6.07) is 4.16. The molecule has 1 atom stereocenters. The minimum Gasteiger partial charge on any atom is -0.388 e. The zero-order chi connectivity index (χ0) is 14.7. The molecule has 1 aliphatic rings. The lowest BCUT2D eigenvalue weighted by atomic mass is 9.94. The van der Waals surface area contributed by atoms with E-state index in [0.717, 1.165) is 5.82 Å². The van der Waals surface area contributed by atoms with Gasteiger partial charge in [-0.3, -0.25) is 0 Å². The van der Waals surface area contributed by atoms with Crippen molar-refractivity contribution in [3.05, 3.63) is 40.6 Å². The van der Waals surface area contributed by atoms with E-state index in [0.29, 0.717) is 32.6 Å². The van der Waals surface area contributed by atoms with Gasteiger partial charge in [-0.2, -0.15) is 0 Å². The van der Waals surface area contributed by atoms with E-state index in [4.69, 9.17) is 4.74 Å². The van der Waals surface area contributed by atoms with Crippen LogP contribution < -0.4 is 5.32 Å². The van der Waals surface area contributed by atoms with Crippen molar-refractivity contribution < 1.29 is 9.84 Å². The summed E-state index contributed by atoms with van der Waals surface area (Å²) in [5.74, 6) is 0.966. The van der Waals surface area contributed by atoms with E-state index in [1.807, 2.05) is 23.9 Å². The van der Waals surface area contributed by atoms with Gasteiger partial charge in [-0.1, -0.05) is 6.07 Å². The molecule has 0 radical (unpaired) electrons. The van der Waals surface area contributed by atoms with Gasteiger partial charge in [0.15, 0.2) is 0 Å². The highest BCUT2D eigenvalue weighted by atomic mass is 32.1. The SMILES string of the molecule is Cn1ccnc1C(NCC1(O)CCOCC1)c1cccs1. The van der Waals surface area contributed by atoms with Crippen LogP contribution in [0.5, 0.6) is 0 Å². The van der Waals surface area contributed by atoms with Crippen LogP contribution in [0, 0.1) is 0 Å². The van der Waals surface area contributed by atoms with Crippen molar-refractivity contribution in [1.29, 1.82) is 0 Å². The molecular formula is C15H21N3O2S. The second-order valence-corrected chi connectivity index (χ2v) is 6.54. The molecule has 3 heterocycles. The quantitative estimate of drug-likeness (QED) is 0.883. The monoisotopic (exact) mass is 307 g/mol. The topological polar surface area (TPSA) is 59.3 Å². The summed E-state index contributed by atoms with van der Waals surface area (Å²) in [6.07, 6.45) is 5.11. The lowest BCUT2D eigenvalue weighted by molar-refractivity contribution is -0.0624. The third kappa shape index (κ3) is 3.35. The Morgan fingerprint density at radius 2 is 2.33 bits per heavy atom. The number of hydrogen-bond acceptors (Lipinski definition) is 5. The number of imidazole rings is 1. The summed E-state index contributed by atoms with van der Waals surface area (Å²) in [5.41, 5.74) is -0.682. The molecule has 1 saturated heterocycles. The van der Waals surface area contributed by atoms with Gasteiger partial charge in [-0.15, -0.1) is 11.3 Å².